The molecular weight excluding hydrogens is 456 g/mol. The van der Waals surface area contributed by atoms with Crippen molar-refractivity contribution >= 4 is 28.2 Å². The zero-order chi connectivity index (χ0) is 25.6. The van der Waals surface area contributed by atoms with Crippen LogP contribution in [0.1, 0.15) is 93.5 Å². The van der Waals surface area contributed by atoms with Crippen LogP contribution in [0, 0.1) is 0 Å². The van der Waals surface area contributed by atoms with Crippen LogP contribution in [0.25, 0.3) is 10.9 Å². The molecular formula is C32H44N4O. The summed E-state index contributed by atoms with van der Waals surface area (Å²) in [6, 6.07) is 15.2. The van der Waals surface area contributed by atoms with Gasteiger partial charge in [-0.3, -0.25) is 4.79 Å². The van der Waals surface area contributed by atoms with Crippen molar-refractivity contribution in [2.24, 2.45) is 0 Å². The van der Waals surface area contributed by atoms with E-state index in [0.717, 1.165) is 41.6 Å². The lowest BCUT2D eigenvalue weighted by Crippen LogP contribution is -2.44. The normalized spacial score (nSPS) is 20.1. The minimum Gasteiger partial charge on any atom is -0.372 e. The molecule has 0 bridgehead atoms. The number of aromatic amines is 1. The van der Waals surface area contributed by atoms with Crippen molar-refractivity contribution in [2.75, 3.05) is 36.4 Å². The summed E-state index contributed by atoms with van der Waals surface area (Å²) in [6.07, 6.45) is 13.4. The molecule has 5 heteroatoms. The van der Waals surface area contributed by atoms with Crippen molar-refractivity contribution in [1.29, 1.82) is 0 Å². The highest BCUT2D eigenvalue weighted by molar-refractivity contribution is 6.05. The first-order chi connectivity index (χ1) is 18.2. The molecule has 3 heterocycles. The zero-order valence-corrected chi connectivity index (χ0v) is 22.8. The molecule has 2 saturated heterocycles. The van der Waals surface area contributed by atoms with Crippen LogP contribution < -0.4 is 10.2 Å². The molecule has 5 nitrogen and oxygen atoms in total. The van der Waals surface area contributed by atoms with Crippen molar-refractivity contribution in [3.63, 3.8) is 0 Å². The number of unbranched alkanes of at least 4 members (excludes halogenated alkanes) is 2. The second-order valence-corrected chi connectivity index (χ2v) is 11.1. The Kier molecular flexibility index (Phi) is 8.50. The molecule has 1 aromatic heterocycles. The Labute approximate surface area is 222 Å². The predicted molar refractivity (Wildman–Crippen MR) is 156 cm³/mol. The van der Waals surface area contributed by atoms with Crippen LogP contribution in [-0.4, -0.2) is 48.0 Å². The maximum absolute atomic E-state index is 13.3. The van der Waals surface area contributed by atoms with Gasteiger partial charge >= 0.3 is 0 Å². The van der Waals surface area contributed by atoms with Crippen LogP contribution in [0.4, 0.5) is 11.4 Å². The highest BCUT2D eigenvalue weighted by atomic mass is 16.1. The summed E-state index contributed by atoms with van der Waals surface area (Å²) in [5.74, 6) is 0.549. The number of carbonyl (C=O) groups excluding carboxylic acids is 1. The van der Waals surface area contributed by atoms with Gasteiger partial charge in [0.15, 0.2) is 0 Å². The van der Waals surface area contributed by atoms with Crippen LogP contribution in [0.5, 0.6) is 0 Å². The van der Waals surface area contributed by atoms with Gasteiger partial charge in [-0.15, -0.1) is 0 Å². The molecule has 2 unspecified atom stereocenters. The third-order valence-electron chi connectivity index (χ3n) is 8.52. The Morgan fingerprint density at radius 3 is 2.68 bits per heavy atom. The van der Waals surface area contributed by atoms with Gasteiger partial charge in [0.2, 0.25) is 0 Å². The number of hydrogen-bond donors (Lipinski definition) is 2. The number of anilines is 2. The van der Waals surface area contributed by atoms with Crippen LogP contribution in [0.2, 0.25) is 0 Å². The molecule has 2 aliphatic rings. The molecule has 0 radical (unpaired) electrons. The van der Waals surface area contributed by atoms with Crippen LogP contribution in [0.3, 0.4) is 0 Å². The number of hydrogen-bond acceptors (Lipinski definition) is 3. The first-order valence-electron chi connectivity index (χ1n) is 14.7. The number of rotatable bonds is 10. The smallest absolute Gasteiger partial charge is 0.255 e. The van der Waals surface area contributed by atoms with Crippen molar-refractivity contribution in [3.05, 3.63) is 59.8 Å². The number of fused-ring (bicyclic) bond motifs is 2. The van der Waals surface area contributed by atoms with E-state index in [2.05, 4.69) is 64.4 Å². The first kappa shape index (κ1) is 25.8. The highest BCUT2D eigenvalue weighted by Crippen LogP contribution is 2.39. The summed E-state index contributed by atoms with van der Waals surface area (Å²) in [7, 11) is 0. The van der Waals surface area contributed by atoms with E-state index in [1.54, 1.807) is 0 Å². The molecule has 0 aliphatic carbocycles. The van der Waals surface area contributed by atoms with Gasteiger partial charge in [0.1, 0.15) is 0 Å². The van der Waals surface area contributed by atoms with E-state index in [1.807, 2.05) is 18.2 Å². The highest BCUT2D eigenvalue weighted by Gasteiger charge is 2.31. The molecule has 3 aromatic rings. The van der Waals surface area contributed by atoms with Gasteiger partial charge < -0.3 is 20.1 Å². The number of nitrogens with one attached hydrogen (secondary N) is 2. The fraction of sp³-hybridized carbons (Fsp3) is 0.531. The van der Waals surface area contributed by atoms with Crippen molar-refractivity contribution in [2.45, 2.75) is 83.6 Å². The molecule has 2 atom stereocenters. The summed E-state index contributed by atoms with van der Waals surface area (Å²) in [6.45, 7) is 9.02. The lowest BCUT2D eigenvalue weighted by atomic mass is 9.82. The van der Waals surface area contributed by atoms with Crippen molar-refractivity contribution < 1.29 is 4.79 Å². The maximum atomic E-state index is 13.3. The number of H-pyrrole nitrogens is 1. The molecule has 2 aromatic carbocycles. The van der Waals surface area contributed by atoms with Gasteiger partial charge in [-0.2, -0.15) is 0 Å². The SMILES string of the molecule is CCCCN(CCCC)c1cccc(C(=O)Nc2ccc3[nH]cc(C4CCN5CCCCC5C4)c3c2)c1. The number of piperidine rings is 2. The van der Waals surface area contributed by atoms with E-state index in [0.29, 0.717) is 5.92 Å². The van der Waals surface area contributed by atoms with E-state index in [9.17, 15) is 4.79 Å². The molecule has 198 valence electrons. The van der Waals surface area contributed by atoms with E-state index in [-0.39, 0.29) is 5.91 Å². The molecule has 0 spiro atoms. The zero-order valence-electron chi connectivity index (χ0n) is 22.8. The number of aromatic nitrogens is 1. The van der Waals surface area contributed by atoms with E-state index in [4.69, 9.17) is 0 Å². The molecule has 37 heavy (non-hydrogen) atoms. The molecule has 2 aliphatic heterocycles. The topological polar surface area (TPSA) is 51.4 Å². The Morgan fingerprint density at radius 1 is 1.03 bits per heavy atom. The van der Waals surface area contributed by atoms with Gasteiger partial charge in [0, 0.05) is 53.2 Å². The summed E-state index contributed by atoms with van der Waals surface area (Å²) in [4.78, 5) is 21.9. The summed E-state index contributed by atoms with van der Waals surface area (Å²) >= 11 is 0. The summed E-state index contributed by atoms with van der Waals surface area (Å²) in [5, 5.41) is 4.44. The lowest BCUT2D eigenvalue weighted by Gasteiger charge is -2.42. The quantitative estimate of drug-likeness (QED) is 0.302. The Balaban J connectivity index is 1.31. The number of amides is 1. The second-order valence-electron chi connectivity index (χ2n) is 11.1. The van der Waals surface area contributed by atoms with Crippen molar-refractivity contribution in [1.82, 2.24) is 9.88 Å². The summed E-state index contributed by atoms with van der Waals surface area (Å²) in [5.41, 5.74) is 5.30. The molecule has 2 fully saturated rings. The summed E-state index contributed by atoms with van der Waals surface area (Å²) < 4.78 is 0. The standard InChI is InChI=1S/C32H44N4O/c1-3-5-16-35(17-6-4-2)28-12-9-10-25(21-28)32(37)34-26-13-14-31-29(22-26)30(23-33-31)24-15-19-36-18-8-7-11-27(36)20-24/h9-10,12-14,21-24,27,33H,3-8,11,15-20H2,1-2H3,(H,34,37). The van der Waals surface area contributed by atoms with Gasteiger partial charge in [-0.1, -0.05) is 39.2 Å². The third kappa shape index (κ3) is 6.04. The number of nitrogens with zero attached hydrogens (tertiary/aromatic N) is 2. The number of carbonyl (C=O) groups is 1. The number of benzene rings is 2. The fourth-order valence-electron chi connectivity index (χ4n) is 6.34. The van der Waals surface area contributed by atoms with E-state index in [1.165, 1.54) is 81.8 Å². The second kappa shape index (κ2) is 12.2. The molecule has 5 rings (SSSR count). The predicted octanol–water partition coefficient (Wildman–Crippen LogP) is 7.56. The van der Waals surface area contributed by atoms with Gasteiger partial charge in [0.25, 0.3) is 5.91 Å². The van der Waals surface area contributed by atoms with Gasteiger partial charge in [0.05, 0.1) is 0 Å². The average molecular weight is 501 g/mol. The molecule has 1 amide bonds. The first-order valence-corrected chi connectivity index (χ1v) is 14.7. The van der Waals surface area contributed by atoms with Crippen LogP contribution in [0.15, 0.2) is 48.7 Å². The van der Waals surface area contributed by atoms with E-state index < -0.39 is 0 Å². The largest absolute Gasteiger partial charge is 0.372 e. The van der Waals surface area contributed by atoms with Crippen LogP contribution >= 0.6 is 0 Å². The van der Waals surface area contributed by atoms with Gasteiger partial charge in [-0.05, 0) is 99.5 Å². The van der Waals surface area contributed by atoms with Crippen molar-refractivity contribution in [3.8, 4) is 0 Å². The Morgan fingerprint density at radius 2 is 1.86 bits per heavy atom. The van der Waals surface area contributed by atoms with Crippen LogP contribution in [-0.2, 0) is 0 Å². The third-order valence-corrected chi connectivity index (χ3v) is 8.52. The lowest BCUT2D eigenvalue weighted by molar-refractivity contribution is 0.0977. The monoisotopic (exact) mass is 500 g/mol. The molecule has 0 saturated carbocycles. The Bertz CT molecular complexity index is 1180. The molecule has 2 N–H and O–H groups in total. The minimum absolute atomic E-state index is 0.0419. The maximum Gasteiger partial charge on any atom is 0.255 e. The van der Waals surface area contributed by atoms with E-state index >= 15 is 0 Å². The fourth-order valence-corrected chi connectivity index (χ4v) is 6.34. The minimum atomic E-state index is -0.0419. The Hall–Kier alpha value is -2.79. The van der Waals surface area contributed by atoms with Gasteiger partial charge in [-0.25, -0.2) is 0 Å². The average Bonchev–Trinajstić information content (AvgIpc) is 3.36.